The third-order valence-corrected chi connectivity index (χ3v) is 5.55. The molecule has 3 aromatic rings. The average molecular weight is 424 g/mol. The Morgan fingerprint density at radius 3 is 1.97 bits per heavy atom. The van der Waals surface area contributed by atoms with Crippen molar-refractivity contribution in [1.29, 1.82) is 0 Å². The standard InChI is InChI=1S/C22H27N3.C2H2O4/c1-2-18-7-9-19(10-8-18)16-24-11-13-25(14-12-24)17-20-15-23-22-6-4-3-5-21(20)22;3-1(4)2(5)6/h3-10,15,23H,2,11-14,16-17H2,1H3;(H,3,4)(H,5,6). The number of para-hydroxylation sites is 1. The van der Waals surface area contributed by atoms with Gasteiger partial charge in [0.05, 0.1) is 0 Å². The smallest absolute Gasteiger partial charge is 0.414 e. The molecule has 2 aromatic carbocycles. The fourth-order valence-corrected chi connectivity index (χ4v) is 3.75. The highest BCUT2D eigenvalue weighted by Crippen LogP contribution is 2.20. The highest BCUT2D eigenvalue weighted by molar-refractivity contribution is 6.27. The van der Waals surface area contributed by atoms with Gasteiger partial charge in [-0.05, 0) is 29.2 Å². The van der Waals surface area contributed by atoms with Crippen LogP contribution in [0.3, 0.4) is 0 Å². The number of carboxylic acid groups (broad SMARTS) is 2. The van der Waals surface area contributed by atoms with E-state index in [2.05, 4.69) is 76.4 Å². The van der Waals surface area contributed by atoms with Gasteiger partial charge in [-0.2, -0.15) is 0 Å². The SMILES string of the molecule is CCc1ccc(CN2CCN(Cc3c[nH]c4ccccc34)CC2)cc1.O=C(O)C(=O)O. The molecule has 0 amide bonds. The van der Waals surface area contributed by atoms with Crippen LogP contribution in [-0.2, 0) is 29.1 Å². The zero-order valence-electron chi connectivity index (χ0n) is 17.8. The molecule has 1 aliphatic rings. The van der Waals surface area contributed by atoms with E-state index in [-0.39, 0.29) is 0 Å². The third-order valence-electron chi connectivity index (χ3n) is 5.55. The lowest BCUT2D eigenvalue weighted by Crippen LogP contribution is -2.45. The van der Waals surface area contributed by atoms with Crippen LogP contribution in [0, 0.1) is 0 Å². The molecule has 0 unspecified atom stereocenters. The number of carbonyl (C=O) groups is 2. The molecule has 2 heterocycles. The van der Waals surface area contributed by atoms with E-state index in [9.17, 15) is 0 Å². The number of carboxylic acids is 2. The summed E-state index contributed by atoms with van der Waals surface area (Å²) in [6.07, 6.45) is 3.29. The molecule has 3 N–H and O–H groups in total. The van der Waals surface area contributed by atoms with Gasteiger partial charge in [0.2, 0.25) is 0 Å². The van der Waals surface area contributed by atoms with E-state index in [4.69, 9.17) is 19.8 Å². The largest absolute Gasteiger partial charge is 0.473 e. The van der Waals surface area contributed by atoms with Crippen molar-refractivity contribution in [3.63, 3.8) is 0 Å². The van der Waals surface area contributed by atoms with Gasteiger partial charge in [-0.25, -0.2) is 9.59 Å². The topological polar surface area (TPSA) is 96.9 Å². The number of piperazine rings is 1. The zero-order chi connectivity index (χ0) is 22.2. The molecule has 0 spiro atoms. The lowest BCUT2D eigenvalue weighted by Gasteiger charge is -2.34. The zero-order valence-corrected chi connectivity index (χ0v) is 17.8. The number of aromatic amines is 1. The number of fused-ring (bicyclic) bond motifs is 1. The molecule has 7 nitrogen and oxygen atoms in total. The van der Waals surface area contributed by atoms with Gasteiger partial charge in [-0.15, -0.1) is 0 Å². The predicted octanol–water partition coefficient (Wildman–Crippen LogP) is 3.20. The first-order valence-corrected chi connectivity index (χ1v) is 10.5. The van der Waals surface area contributed by atoms with Crippen LogP contribution in [0.15, 0.2) is 54.7 Å². The maximum absolute atomic E-state index is 9.10. The van der Waals surface area contributed by atoms with Crippen molar-refractivity contribution in [2.24, 2.45) is 0 Å². The lowest BCUT2D eigenvalue weighted by atomic mass is 10.1. The maximum atomic E-state index is 9.10. The number of nitrogens with zero attached hydrogens (tertiary/aromatic N) is 2. The van der Waals surface area contributed by atoms with Crippen molar-refractivity contribution in [2.75, 3.05) is 26.2 Å². The summed E-state index contributed by atoms with van der Waals surface area (Å²) < 4.78 is 0. The first kappa shape index (κ1) is 22.5. The lowest BCUT2D eigenvalue weighted by molar-refractivity contribution is -0.159. The van der Waals surface area contributed by atoms with Crippen molar-refractivity contribution in [3.8, 4) is 0 Å². The Balaban J connectivity index is 0.000000401. The van der Waals surface area contributed by atoms with Crippen LogP contribution in [0.5, 0.6) is 0 Å². The van der Waals surface area contributed by atoms with Gasteiger partial charge in [-0.1, -0.05) is 49.4 Å². The van der Waals surface area contributed by atoms with E-state index in [0.717, 1.165) is 45.7 Å². The van der Waals surface area contributed by atoms with Crippen LogP contribution in [-0.4, -0.2) is 63.1 Å². The molecule has 7 heteroatoms. The monoisotopic (exact) mass is 423 g/mol. The molecule has 0 aliphatic carbocycles. The molecule has 0 bridgehead atoms. The summed E-state index contributed by atoms with van der Waals surface area (Å²) in [5, 5.41) is 16.1. The Bertz CT molecular complexity index is 993. The Hall–Kier alpha value is -3.16. The molecule has 1 fully saturated rings. The highest BCUT2D eigenvalue weighted by atomic mass is 16.4. The number of benzene rings is 2. The van der Waals surface area contributed by atoms with E-state index in [1.165, 1.54) is 27.6 Å². The average Bonchev–Trinajstić information content (AvgIpc) is 3.19. The van der Waals surface area contributed by atoms with Crippen molar-refractivity contribution < 1.29 is 19.8 Å². The van der Waals surface area contributed by atoms with Gasteiger partial charge >= 0.3 is 11.9 Å². The van der Waals surface area contributed by atoms with Gasteiger partial charge in [0, 0.05) is 56.4 Å². The fraction of sp³-hybridized carbons (Fsp3) is 0.333. The summed E-state index contributed by atoms with van der Waals surface area (Å²) in [6.45, 7) is 8.92. The van der Waals surface area contributed by atoms with Crippen LogP contribution in [0.2, 0.25) is 0 Å². The van der Waals surface area contributed by atoms with E-state index in [1.54, 1.807) is 0 Å². The summed E-state index contributed by atoms with van der Waals surface area (Å²) in [7, 11) is 0. The maximum Gasteiger partial charge on any atom is 0.414 e. The second kappa shape index (κ2) is 10.7. The van der Waals surface area contributed by atoms with Crippen molar-refractivity contribution in [2.45, 2.75) is 26.4 Å². The van der Waals surface area contributed by atoms with Crippen LogP contribution in [0.25, 0.3) is 10.9 Å². The third kappa shape index (κ3) is 6.41. The van der Waals surface area contributed by atoms with Crippen molar-refractivity contribution >= 4 is 22.8 Å². The van der Waals surface area contributed by atoms with Gasteiger partial charge in [0.1, 0.15) is 0 Å². The summed E-state index contributed by atoms with van der Waals surface area (Å²) in [6, 6.07) is 17.7. The van der Waals surface area contributed by atoms with E-state index in [1.807, 2.05) is 0 Å². The molecule has 0 radical (unpaired) electrons. The summed E-state index contributed by atoms with van der Waals surface area (Å²) in [5.74, 6) is -3.65. The number of aryl methyl sites for hydroxylation is 1. The summed E-state index contributed by atoms with van der Waals surface area (Å²) in [4.78, 5) is 26.7. The number of aliphatic carboxylic acids is 2. The Morgan fingerprint density at radius 1 is 0.839 bits per heavy atom. The Morgan fingerprint density at radius 2 is 1.39 bits per heavy atom. The second-order valence-electron chi connectivity index (χ2n) is 7.69. The van der Waals surface area contributed by atoms with Crippen LogP contribution < -0.4 is 0 Å². The summed E-state index contributed by atoms with van der Waals surface area (Å²) in [5.41, 5.74) is 5.51. The molecular weight excluding hydrogens is 394 g/mol. The first-order valence-electron chi connectivity index (χ1n) is 10.5. The number of nitrogens with one attached hydrogen (secondary N) is 1. The normalized spacial score (nSPS) is 14.7. The number of H-pyrrole nitrogens is 1. The molecule has 0 saturated carbocycles. The molecule has 4 rings (SSSR count). The summed E-state index contributed by atoms with van der Waals surface area (Å²) >= 11 is 0. The van der Waals surface area contributed by atoms with E-state index >= 15 is 0 Å². The predicted molar refractivity (Wildman–Crippen MR) is 120 cm³/mol. The molecule has 1 saturated heterocycles. The molecule has 1 aromatic heterocycles. The Kier molecular flexibility index (Phi) is 7.81. The van der Waals surface area contributed by atoms with Crippen LogP contribution >= 0.6 is 0 Å². The highest BCUT2D eigenvalue weighted by Gasteiger charge is 2.18. The minimum Gasteiger partial charge on any atom is -0.473 e. The molecular formula is C24H29N3O4. The molecule has 164 valence electrons. The van der Waals surface area contributed by atoms with Crippen LogP contribution in [0.1, 0.15) is 23.6 Å². The van der Waals surface area contributed by atoms with Gasteiger partial charge in [-0.3, -0.25) is 9.80 Å². The van der Waals surface area contributed by atoms with Crippen molar-refractivity contribution in [1.82, 2.24) is 14.8 Å². The number of hydrogen-bond acceptors (Lipinski definition) is 4. The number of rotatable bonds is 5. The van der Waals surface area contributed by atoms with Gasteiger partial charge in [0.15, 0.2) is 0 Å². The fourth-order valence-electron chi connectivity index (χ4n) is 3.75. The first-order chi connectivity index (χ1) is 15.0. The Labute approximate surface area is 181 Å². The van der Waals surface area contributed by atoms with Crippen molar-refractivity contribution in [3.05, 3.63) is 71.4 Å². The minimum absolute atomic E-state index is 1.04. The number of hydrogen-bond donors (Lipinski definition) is 3. The quantitative estimate of drug-likeness (QED) is 0.546. The number of aromatic nitrogens is 1. The van der Waals surface area contributed by atoms with Gasteiger partial charge in [0.25, 0.3) is 0 Å². The minimum atomic E-state index is -1.82. The molecule has 31 heavy (non-hydrogen) atoms. The van der Waals surface area contributed by atoms with Gasteiger partial charge < -0.3 is 15.2 Å². The van der Waals surface area contributed by atoms with E-state index < -0.39 is 11.9 Å². The van der Waals surface area contributed by atoms with E-state index in [0.29, 0.717) is 0 Å². The molecule has 1 aliphatic heterocycles. The second-order valence-corrected chi connectivity index (χ2v) is 7.69. The van der Waals surface area contributed by atoms with Crippen LogP contribution in [0.4, 0.5) is 0 Å². The molecule has 0 atom stereocenters.